The molecule has 11 heteroatoms. The van der Waals surface area contributed by atoms with Gasteiger partial charge in [0.1, 0.15) is 12.4 Å². The van der Waals surface area contributed by atoms with Crippen molar-refractivity contribution < 1.29 is 19.0 Å². The fraction of sp³-hybridized carbons (Fsp3) is 0.231. The zero-order chi connectivity index (χ0) is 26.2. The second kappa shape index (κ2) is 13.8. The monoisotopic (exact) mass is 688 g/mol. The normalized spacial score (nSPS) is 13.6. The lowest BCUT2D eigenvalue weighted by Crippen LogP contribution is -2.24. The molecule has 0 aliphatic carbocycles. The van der Waals surface area contributed by atoms with Gasteiger partial charge in [0.15, 0.2) is 18.1 Å². The number of hydrazone groups is 1. The van der Waals surface area contributed by atoms with Gasteiger partial charge in [-0.15, -0.1) is 23.5 Å². The fourth-order valence-corrected chi connectivity index (χ4v) is 7.33. The Bertz CT molecular complexity index is 1270. The van der Waals surface area contributed by atoms with Crippen molar-refractivity contribution >= 4 is 81.4 Å². The molecule has 0 aromatic heterocycles. The first-order valence-corrected chi connectivity index (χ1v) is 15.1. The number of benzene rings is 3. The Morgan fingerprint density at radius 3 is 2.54 bits per heavy atom. The maximum atomic E-state index is 12.2. The van der Waals surface area contributed by atoms with Crippen LogP contribution in [0.25, 0.3) is 0 Å². The maximum Gasteiger partial charge on any atom is 0.277 e. The van der Waals surface area contributed by atoms with Crippen LogP contribution >= 0.6 is 69.3 Å². The molecular formula is C26H23Cl2IN2O4S2. The van der Waals surface area contributed by atoms with Crippen molar-refractivity contribution in [2.75, 3.05) is 25.2 Å². The molecular weight excluding hydrogens is 666 g/mol. The first-order valence-electron chi connectivity index (χ1n) is 11.1. The SMILES string of the molecule is COc1cc(/C=N\NC(=O)COc2ccc(C3SCCS3)cc2)cc(I)c1OCc1ccc(Cl)c(Cl)c1. The molecule has 37 heavy (non-hydrogen) atoms. The summed E-state index contributed by atoms with van der Waals surface area (Å²) in [6, 6.07) is 16.9. The van der Waals surface area contributed by atoms with Gasteiger partial charge in [-0.05, 0) is 75.7 Å². The number of carbonyl (C=O) groups is 1. The molecule has 1 N–H and O–H groups in total. The lowest BCUT2D eigenvalue weighted by Gasteiger charge is -2.14. The number of methoxy groups -OCH3 is 1. The van der Waals surface area contributed by atoms with Gasteiger partial charge in [0.25, 0.3) is 5.91 Å². The molecule has 1 aliphatic heterocycles. The van der Waals surface area contributed by atoms with Gasteiger partial charge >= 0.3 is 0 Å². The number of nitrogens with zero attached hydrogens (tertiary/aromatic N) is 1. The summed E-state index contributed by atoms with van der Waals surface area (Å²) < 4.78 is 18.4. The number of thioether (sulfide) groups is 2. The average Bonchev–Trinajstić information content (AvgIpc) is 3.44. The summed E-state index contributed by atoms with van der Waals surface area (Å²) in [5, 5.41) is 5.00. The number of halogens is 3. The van der Waals surface area contributed by atoms with Crippen LogP contribution in [-0.4, -0.2) is 37.3 Å². The molecule has 1 aliphatic rings. The highest BCUT2D eigenvalue weighted by atomic mass is 127. The summed E-state index contributed by atoms with van der Waals surface area (Å²) in [7, 11) is 1.56. The minimum absolute atomic E-state index is 0.133. The molecule has 0 unspecified atom stereocenters. The maximum absolute atomic E-state index is 12.2. The van der Waals surface area contributed by atoms with E-state index in [2.05, 4.69) is 33.1 Å². The van der Waals surface area contributed by atoms with E-state index in [0.29, 0.717) is 38.5 Å². The highest BCUT2D eigenvalue weighted by molar-refractivity contribution is 14.1. The van der Waals surface area contributed by atoms with Gasteiger partial charge in [0, 0.05) is 11.5 Å². The molecule has 0 radical (unpaired) electrons. The molecule has 0 atom stereocenters. The van der Waals surface area contributed by atoms with Crippen LogP contribution in [0.3, 0.4) is 0 Å². The van der Waals surface area contributed by atoms with Crippen LogP contribution in [-0.2, 0) is 11.4 Å². The molecule has 6 nitrogen and oxygen atoms in total. The van der Waals surface area contributed by atoms with Crippen LogP contribution in [0.1, 0.15) is 21.3 Å². The Morgan fingerprint density at radius 1 is 1.08 bits per heavy atom. The number of carbonyl (C=O) groups excluding carboxylic acids is 1. The summed E-state index contributed by atoms with van der Waals surface area (Å²) in [5.74, 6) is 3.79. The molecule has 0 bridgehead atoms. The van der Waals surface area contributed by atoms with Crippen molar-refractivity contribution in [2.45, 2.75) is 11.2 Å². The van der Waals surface area contributed by atoms with E-state index in [1.165, 1.54) is 23.3 Å². The van der Waals surface area contributed by atoms with Crippen molar-refractivity contribution in [3.05, 3.63) is 84.9 Å². The van der Waals surface area contributed by atoms with Crippen LogP contribution in [0.15, 0.2) is 59.7 Å². The average molecular weight is 689 g/mol. The van der Waals surface area contributed by atoms with Gasteiger partial charge < -0.3 is 14.2 Å². The van der Waals surface area contributed by atoms with Crippen LogP contribution in [0, 0.1) is 3.57 Å². The Kier molecular flexibility index (Phi) is 10.6. The lowest BCUT2D eigenvalue weighted by atomic mass is 10.2. The van der Waals surface area contributed by atoms with Gasteiger partial charge in [0.2, 0.25) is 0 Å². The third-order valence-electron chi connectivity index (χ3n) is 5.17. The van der Waals surface area contributed by atoms with Gasteiger partial charge in [-0.3, -0.25) is 4.79 Å². The van der Waals surface area contributed by atoms with Crippen molar-refractivity contribution in [1.29, 1.82) is 0 Å². The predicted octanol–water partition coefficient (Wildman–Crippen LogP) is 7.19. The Morgan fingerprint density at radius 2 is 1.84 bits per heavy atom. The fourth-order valence-electron chi connectivity index (χ4n) is 3.37. The molecule has 4 rings (SSSR count). The number of rotatable bonds is 10. The van der Waals surface area contributed by atoms with Crippen LogP contribution in [0.4, 0.5) is 0 Å². The third kappa shape index (κ3) is 8.10. The Labute approximate surface area is 247 Å². The molecule has 194 valence electrons. The Balaban J connectivity index is 1.29. The van der Waals surface area contributed by atoms with Crippen molar-refractivity contribution in [1.82, 2.24) is 5.43 Å². The van der Waals surface area contributed by atoms with E-state index in [1.807, 2.05) is 59.9 Å². The minimum atomic E-state index is -0.356. The quantitative estimate of drug-likeness (QED) is 0.138. The van der Waals surface area contributed by atoms with E-state index in [9.17, 15) is 4.79 Å². The Hall–Kier alpha value is -1.79. The van der Waals surface area contributed by atoms with Crippen molar-refractivity contribution in [3.8, 4) is 17.2 Å². The molecule has 3 aromatic rings. The summed E-state index contributed by atoms with van der Waals surface area (Å²) in [6.45, 7) is 0.167. The van der Waals surface area contributed by atoms with Gasteiger partial charge in [-0.1, -0.05) is 41.4 Å². The largest absolute Gasteiger partial charge is 0.493 e. The summed E-state index contributed by atoms with van der Waals surface area (Å²) >= 11 is 18.1. The third-order valence-corrected chi connectivity index (χ3v) is 9.81. The van der Waals surface area contributed by atoms with E-state index >= 15 is 0 Å². The second-order valence-electron chi connectivity index (χ2n) is 7.80. The second-order valence-corrected chi connectivity index (χ2v) is 12.5. The first kappa shape index (κ1) is 28.2. The number of nitrogens with one attached hydrogen (secondary N) is 1. The van der Waals surface area contributed by atoms with Gasteiger partial charge in [-0.2, -0.15) is 5.10 Å². The summed E-state index contributed by atoms with van der Waals surface area (Å²) in [4.78, 5) is 12.2. The number of amides is 1. The van der Waals surface area contributed by atoms with Gasteiger partial charge in [-0.25, -0.2) is 5.43 Å². The molecule has 0 spiro atoms. The van der Waals surface area contributed by atoms with E-state index in [1.54, 1.807) is 25.3 Å². The molecule has 1 saturated heterocycles. The topological polar surface area (TPSA) is 69.2 Å². The number of hydrogen-bond acceptors (Lipinski definition) is 7. The highest BCUT2D eigenvalue weighted by Gasteiger charge is 2.18. The minimum Gasteiger partial charge on any atom is -0.493 e. The number of hydrogen-bond donors (Lipinski definition) is 1. The van der Waals surface area contributed by atoms with Crippen LogP contribution in [0.2, 0.25) is 10.0 Å². The summed E-state index contributed by atoms with van der Waals surface area (Å²) in [6.07, 6.45) is 1.54. The predicted molar refractivity (Wildman–Crippen MR) is 162 cm³/mol. The highest BCUT2D eigenvalue weighted by Crippen LogP contribution is 2.45. The molecule has 1 fully saturated rings. The molecule has 1 heterocycles. The number of ether oxygens (including phenoxy) is 3. The molecule has 1 amide bonds. The van der Waals surface area contributed by atoms with E-state index in [0.717, 1.165) is 14.7 Å². The molecule has 3 aromatic carbocycles. The van der Waals surface area contributed by atoms with Crippen LogP contribution < -0.4 is 19.6 Å². The first-order chi connectivity index (χ1) is 17.9. The van der Waals surface area contributed by atoms with E-state index < -0.39 is 0 Å². The van der Waals surface area contributed by atoms with Crippen molar-refractivity contribution in [3.63, 3.8) is 0 Å². The lowest BCUT2D eigenvalue weighted by molar-refractivity contribution is -0.123. The van der Waals surface area contributed by atoms with Gasteiger partial charge in [0.05, 0.1) is 31.5 Å². The van der Waals surface area contributed by atoms with Crippen molar-refractivity contribution in [2.24, 2.45) is 5.10 Å². The zero-order valence-electron chi connectivity index (χ0n) is 19.7. The zero-order valence-corrected chi connectivity index (χ0v) is 25.0. The standard InChI is InChI=1S/C26H23Cl2IN2O4S2/c1-33-23-12-17(11-22(29)25(23)35-14-16-2-7-20(27)21(28)10-16)13-30-31-24(32)15-34-19-5-3-18(4-6-19)26-36-8-9-37-26/h2-7,10-13,26H,8-9,14-15H2,1H3,(H,31,32)/b30-13-. The van der Waals surface area contributed by atoms with E-state index in [4.69, 9.17) is 37.4 Å². The van der Waals surface area contributed by atoms with E-state index in [-0.39, 0.29) is 12.5 Å². The molecule has 0 saturated carbocycles. The smallest absolute Gasteiger partial charge is 0.277 e. The summed E-state index contributed by atoms with van der Waals surface area (Å²) in [5.41, 5.74) is 5.37. The van der Waals surface area contributed by atoms with Crippen LogP contribution in [0.5, 0.6) is 17.2 Å².